The molecule has 0 spiro atoms. The molecule has 0 bridgehead atoms. The summed E-state index contributed by atoms with van der Waals surface area (Å²) >= 11 is 1.87. The van der Waals surface area contributed by atoms with E-state index in [9.17, 15) is 0 Å². The molecule has 1 unspecified atom stereocenters. The maximum Gasteiger partial charge on any atom is 0.0291 e. The van der Waals surface area contributed by atoms with Crippen LogP contribution in [0.4, 0.5) is 0 Å². The summed E-state index contributed by atoms with van der Waals surface area (Å²) in [5.41, 5.74) is 2.66. The van der Waals surface area contributed by atoms with Crippen LogP contribution in [-0.2, 0) is 0 Å². The Kier molecular flexibility index (Phi) is 6.38. The van der Waals surface area contributed by atoms with Crippen molar-refractivity contribution in [2.75, 3.05) is 12.3 Å². The van der Waals surface area contributed by atoms with Crippen molar-refractivity contribution >= 4 is 11.8 Å². The predicted molar refractivity (Wildman–Crippen MR) is 78.7 cm³/mol. The number of thioether (sulfide) groups is 1. The number of hydrogen-bond donors (Lipinski definition) is 1. The van der Waals surface area contributed by atoms with Crippen LogP contribution in [0.25, 0.3) is 0 Å². The largest absolute Gasteiger partial charge is 0.310 e. The average Bonchev–Trinajstić information content (AvgIpc) is 2.36. The third-order valence-corrected chi connectivity index (χ3v) is 3.99. The fraction of sp³-hybridized carbons (Fsp3) is 0.467. The van der Waals surface area contributed by atoms with Gasteiger partial charge in [-0.2, -0.15) is 0 Å². The van der Waals surface area contributed by atoms with Gasteiger partial charge in [-0.3, -0.25) is 0 Å². The van der Waals surface area contributed by atoms with Crippen molar-refractivity contribution in [1.29, 1.82) is 0 Å². The van der Waals surface area contributed by atoms with Gasteiger partial charge in [0.05, 0.1) is 0 Å². The minimum atomic E-state index is 0.435. The van der Waals surface area contributed by atoms with Gasteiger partial charge in [-0.05, 0) is 37.6 Å². The molecule has 0 aliphatic carbocycles. The molecule has 0 saturated carbocycles. The molecular weight excluding hydrogens is 226 g/mol. The monoisotopic (exact) mass is 249 g/mol. The van der Waals surface area contributed by atoms with Crippen LogP contribution < -0.4 is 5.32 Å². The average molecular weight is 249 g/mol. The molecule has 0 aliphatic rings. The summed E-state index contributed by atoms with van der Waals surface area (Å²) in [7, 11) is 0. The van der Waals surface area contributed by atoms with E-state index in [-0.39, 0.29) is 0 Å². The van der Waals surface area contributed by atoms with E-state index >= 15 is 0 Å². The molecule has 1 aromatic carbocycles. The van der Waals surface area contributed by atoms with Crippen molar-refractivity contribution in [2.24, 2.45) is 0 Å². The van der Waals surface area contributed by atoms with Crippen LogP contribution in [0.1, 0.15) is 38.8 Å². The molecule has 0 radical (unpaired) electrons. The minimum absolute atomic E-state index is 0.435. The quantitative estimate of drug-likeness (QED) is 0.567. The molecule has 0 amide bonds. The Labute approximate surface area is 110 Å². The van der Waals surface area contributed by atoms with Gasteiger partial charge in [0, 0.05) is 16.7 Å². The number of hydrogen-bond acceptors (Lipinski definition) is 2. The van der Waals surface area contributed by atoms with Gasteiger partial charge in [0.15, 0.2) is 0 Å². The van der Waals surface area contributed by atoms with Crippen molar-refractivity contribution in [3.63, 3.8) is 0 Å². The highest BCUT2D eigenvalue weighted by Crippen LogP contribution is 2.23. The molecular formula is C15H23NS. The second kappa shape index (κ2) is 7.57. The van der Waals surface area contributed by atoms with Crippen LogP contribution in [0.2, 0.25) is 0 Å². The Hall–Kier alpha value is -0.730. The second-order valence-electron chi connectivity index (χ2n) is 4.24. The van der Waals surface area contributed by atoms with Gasteiger partial charge in [0.2, 0.25) is 0 Å². The van der Waals surface area contributed by atoms with Crippen LogP contribution in [-0.4, -0.2) is 12.3 Å². The highest BCUT2D eigenvalue weighted by molar-refractivity contribution is 7.99. The van der Waals surface area contributed by atoms with Gasteiger partial charge < -0.3 is 5.32 Å². The first-order valence-electron chi connectivity index (χ1n) is 6.30. The molecule has 0 aromatic heterocycles. The first-order chi connectivity index (χ1) is 8.17. The molecule has 2 heteroatoms. The molecule has 1 aromatic rings. The van der Waals surface area contributed by atoms with E-state index in [0.29, 0.717) is 6.04 Å². The van der Waals surface area contributed by atoms with E-state index in [1.807, 2.05) is 11.8 Å². The molecule has 1 N–H and O–H groups in total. The Morgan fingerprint density at radius 1 is 1.29 bits per heavy atom. The van der Waals surface area contributed by atoms with Crippen molar-refractivity contribution in [3.05, 3.63) is 42.0 Å². The zero-order valence-corrected chi connectivity index (χ0v) is 11.9. The van der Waals surface area contributed by atoms with Crippen molar-refractivity contribution in [3.8, 4) is 0 Å². The summed E-state index contributed by atoms with van der Waals surface area (Å²) in [4.78, 5) is 1.33. The summed E-state index contributed by atoms with van der Waals surface area (Å²) < 4.78 is 0. The molecule has 1 atom stereocenters. The van der Waals surface area contributed by atoms with Crippen molar-refractivity contribution < 1.29 is 0 Å². The van der Waals surface area contributed by atoms with E-state index in [1.54, 1.807) is 0 Å². The molecule has 94 valence electrons. The van der Waals surface area contributed by atoms with Gasteiger partial charge >= 0.3 is 0 Å². The lowest BCUT2D eigenvalue weighted by Gasteiger charge is -2.13. The third kappa shape index (κ3) is 4.97. The molecule has 0 fully saturated rings. The fourth-order valence-electron chi connectivity index (χ4n) is 1.56. The van der Waals surface area contributed by atoms with Crippen molar-refractivity contribution in [1.82, 2.24) is 5.32 Å². The topological polar surface area (TPSA) is 12.0 Å². The van der Waals surface area contributed by atoms with E-state index in [1.165, 1.54) is 16.0 Å². The maximum atomic E-state index is 4.03. The molecule has 0 saturated heterocycles. The summed E-state index contributed by atoms with van der Waals surface area (Å²) in [6.45, 7) is 11.5. The van der Waals surface area contributed by atoms with Gasteiger partial charge in [-0.15, -0.1) is 11.8 Å². The summed E-state index contributed by atoms with van der Waals surface area (Å²) in [5.74, 6) is 1.03. The maximum absolute atomic E-state index is 4.03. The first-order valence-corrected chi connectivity index (χ1v) is 7.28. The lowest BCUT2D eigenvalue weighted by atomic mass is 10.1. The molecule has 0 heterocycles. The number of rotatable bonds is 7. The van der Waals surface area contributed by atoms with Crippen LogP contribution in [0.5, 0.6) is 0 Å². The standard InChI is InChI=1S/C15H23NS/c1-5-12(3)11-17-15-9-7-14(8-10-15)13(4)16-6-2/h7-10,13,16H,3,5-6,11H2,1-2,4H3. The Bertz CT molecular complexity index is 342. The van der Waals surface area contributed by atoms with Crippen LogP contribution in [0.15, 0.2) is 41.3 Å². The van der Waals surface area contributed by atoms with Gasteiger partial charge in [0.1, 0.15) is 0 Å². The number of benzene rings is 1. The van der Waals surface area contributed by atoms with Crippen molar-refractivity contribution in [2.45, 2.75) is 38.1 Å². The normalized spacial score (nSPS) is 12.4. The lowest BCUT2D eigenvalue weighted by molar-refractivity contribution is 0.598. The number of nitrogens with one attached hydrogen (secondary N) is 1. The highest BCUT2D eigenvalue weighted by Gasteiger charge is 2.03. The smallest absolute Gasteiger partial charge is 0.0291 e. The highest BCUT2D eigenvalue weighted by atomic mass is 32.2. The summed E-state index contributed by atoms with van der Waals surface area (Å²) in [6.07, 6.45) is 1.07. The predicted octanol–water partition coefficient (Wildman–Crippen LogP) is 4.42. The van der Waals surface area contributed by atoms with Gasteiger partial charge in [-0.25, -0.2) is 0 Å². The third-order valence-electron chi connectivity index (χ3n) is 2.83. The second-order valence-corrected chi connectivity index (χ2v) is 5.29. The molecule has 0 aliphatic heterocycles. The Morgan fingerprint density at radius 2 is 1.94 bits per heavy atom. The summed E-state index contributed by atoms with van der Waals surface area (Å²) in [5, 5.41) is 3.42. The van der Waals surface area contributed by atoms with Crippen LogP contribution in [0, 0.1) is 0 Å². The zero-order valence-electron chi connectivity index (χ0n) is 11.1. The van der Waals surface area contributed by atoms with Gasteiger partial charge in [0.25, 0.3) is 0 Å². The molecule has 17 heavy (non-hydrogen) atoms. The SMILES string of the molecule is C=C(CC)CSc1ccc(C(C)NCC)cc1. The lowest BCUT2D eigenvalue weighted by Crippen LogP contribution is -2.17. The van der Waals surface area contributed by atoms with Crippen LogP contribution in [0.3, 0.4) is 0 Å². The first kappa shape index (κ1) is 14.3. The van der Waals surface area contributed by atoms with E-state index in [4.69, 9.17) is 0 Å². The molecule has 1 nitrogen and oxygen atoms in total. The van der Waals surface area contributed by atoms with Gasteiger partial charge in [-0.1, -0.05) is 38.1 Å². The van der Waals surface area contributed by atoms with E-state index in [0.717, 1.165) is 18.7 Å². The van der Waals surface area contributed by atoms with E-state index < -0.39 is 0 Å². The molecule has 1 rings (SSSR count). The fourth-order valence-corrected chi connectivity index (χ4v) is 2.47. The Balaban J connectivity index is 2.52. The van der Waals surface area contributed by atoms with Crippen LogP contribution >= 0.6 is 11.8 Å². The zero-order chi connectivity index (χ0) is 12.7. The minimum Gasteiger partial charge on any atom is -0.310 e. The Morgan fingerprint density at radius 3 is 2.47 bits per heavy atom. The van der Waals surface area contributed by atoms with E-state index in [2.05, 4.69) is 56.9 Å². The summed E-state index contributed by atoms with van der Waals surface area (Å²) in [6, 6.07) is 9.27.